The van der Waals surface area contributed by atoms with E-state index in [2.05, 4.69) is 25.3 Å². The molecule has 3 heterocycles. The fraction of sp³-hybridized carbons (Fsp3) is 0.500. The minimum atomic E-state index is -0.0520. The largest absolute Gasteiger partial charge is 0.351 e. The monoisotopic (exact) mass is 314 g/mol. The maximum atomic E-state index is 11.0. The number of carbonyl (C=O) groups excluding carboxylic acids is 1. The van der Waals surface area contributed by atoms with Crippen LogP contribution in [-0.4, -0.2) is 37.1 Å². The molecule has 0 bridgehead atoms. The molecule has 2 aromatic heterocycles. The number of likely N-dealkylation sites (tertiary alicyclic amines) is 1. The quantitative estimate of drug-likeness (QED) is 0.897. The molecule has 23 heavy (non-hydrogen) atoms. The molecule has 0 spiro atoms. The van der Waals surface area contributed by atoms with Crippen molar-refractivity contribution in [3.63, 3.8) is 0 Å². The van der Waals surface area contributed by atoms with E-state index < -0.39 is 0 Å². The number of amides is 1. The lowest BCUT2D eigenvalue weighted by atomic mass is 10.2. The number of aryl methyl sites for hydroxylation is 1. The van der Waals surface area contributed by atoms with Crippen molar-refractivity contribution >= 4 is 5.91 Å². The summed E-state index contributed by atoms with van der Waals surface area (Å²) >= 11 is 0. The first-order valence-electron chi connectivity index (χ1n) is 7.90. The topological polar surface area (TPSA) is 75.9 Å². The maximum Gasteiger partial charge on any atom is 0.217 e. The van der Waals surface area contributed by atoms with Gasteiger partial charge >= 0.3 is 0 Å². The first-order chi connectivity index (χ1) is 11.1. The van der Waals surface area contributed by atoms with E-state index in [9.17, 15) is 4.79 Å². The third kappa shape index (κ3) is 3.73. The second kappa shape index (κ2) is 6.87. The van der Waals surface area contributed by atoms with Crippen molar-refractivity contribution in [1.82, 2.24) is 30.0 Å². The van der Waals surface area contributed by atoms with Gasteiger partial charge in [0.15, 0.2) is 0 Å². The lowest BCUT2D eigenvalue weighted by Gasteiger charge is -2.23. The van der Waals surface area contributed by atoms with E-state index in [4.69, 9.17) is 0 Å². The molecule has 3 rings (SSSR count). The van der Waals surface area contributed by atoms with Gasteiger partial charge in [0, 0.05) is 32.9 Å². The number of hydrogen-bond donors (Lipinski definition) is 1. The zero-order valence-electron chi connectivity index (χ0n) is 13.6. The molecule has 0 radical (unpaired) electrons. The summed E-state index contributed by atoms with van der Waals surface area (Å²) in [6.45, 7) is 3.84. The van der Waals surface area contributed by atoms with Crippen molar-refractivity contribution in [2.75, 3.05) is 6.54 Å². The molecule has 0 aromatic carbocycles. The van der Waals surface area contributed by atoms with Crippen LogP contribution < -0.4 is 5.32 Å². The molecule has 7 nitrogen and oxygen atoms in total. The summed E-state index contributed by atoms with van der Waals surface area (Å²) in [6.07, 6.45) is 5.80. The van der Waals surface area contributed by atoms with Gasteiger partial charge in [-0.05, 0) is 31.5 Å². The predicted octanol–water partition coefficient (Wildman–Crippen LogP) is 1.18. The molecule has 2 aromatic rings. The molecule has 1 saturated heterocycles. The number of carbonyl (C=O) groups is 1. The Bertz CT molecular complexity index is 683. The molecular formula is C16H22N6O. The molecule has 0 saturated carbocycles. The van der Waals surface area contributed by atoms with Crippen molar-refractivity contribution in [3.8, 4) is 0 Å². The molecule has 1 fully saturated rings. The van der Waals surface area contributed by atoms with Crippen LogP contribution in [-0.2, 0) is 24.9 Å². The van der Waals surface area contributed by atoms with Crippen LogP contribution in [0.4, 0.5) is 0 Å². The van der Waals surface area contributed by atoms with E-state index in [-0.39, 0.29) is 11.9 Å². The Hall–Kier alpha value is -2.28. The zero-order valence-corrected chi connectivity index (χ0v) is 13.6. The molecule has 1 amide bonds. The Morgan fingerprint density at radius 1 is 1.39 bits per heavy atom. The standard InChI is InChI=1S/C16H22N6O/c1-12(23)18-10-13-5-7-17-16(20-13)15-4-3-9-22(15)11-14-6-8-19-21(14)2/h5-8,15H,3-4,9-11H2,1-2H3,(H,18,23)/t15-/m1/s1. The minimum Gasteiger partial charge on any atom is -0.351 e. The summed E-state index contributed by atoms with van der Waals surface area (Å²) in [4.78, 5) is 22.5. The van der Waals surface area contributed by atoms with Crippen molar-refractivity contribution in [1.29, 1.82) is 0 Å². The van der Waals surface area contributed by atoms with Crippen molar-refractivity contribution < 1.29 is 4.79 Å². The van der Waals surface area contributed by atoms with Gasteiger partial charge in [0.25, 0.3) is 0 Å². The molecule has 0 aliphatic carbocycles. The molecule has 0 unspecified atom stereocenters. The number of hydrogen-bond acceptors (Lipinski definition) is 5. The van der Waals surface area contributed by atoms with Gasteiger partial charge in [-0.1, -0.05) is 0 Å². The lowest BCUT2D eigenvalue weighted by Crippen LogP contribution is -2.26. The Kier molecular flexibility index (Phi) is 4.66. The molecule has 1 N–H and O–H groups in total. The minimum absolute atomic E-state index is 0.0520. The first-order valence-corrected chi connectivity index (χ1v) is 7.90. The summed E-state index contributed by atoms with van der Waals surface area (Å²) in [5.74, 6) is 0.788. The highest BCUT2D eigenvalue weighted by atomic mass is 16.1. The van der Waals surface area contributed by atoms with Crippen LogP contribution in [0.1, 0.15) is 43.0 Å². The van der Waals surface area contributed by atoms with E-state index in [0.29, 0.717) is 6.54 Å². The van der Waals surface area contributed by atoms with Crippen LogP contribution in [0.3, 0.4) is 0 Å². The summed E-state index contributed by atoms with van der Waals surface area (Å²) in [5.41, 5.74) is 2.03. The van der Waals surface area contributed by atoms with Crippen LogP contribution in [0.25, 0.3) is 0 Å². The van der Waals surface area contributed by atoms with E-state index in [1.807, 2.05) is 30.1 Å². The van der Waals surface area contributed by atoms with Gasteiger partial charge in [0.2, 0.25) is 5.91 Å². The Morgan fingerprint density at radius 3 is 3.00 bits per heavy atom. The second-order valence-corrected chi connectivity index (χ2v) is 5.89. The van der Waals surface area contributed by atoms with Gasteiger partial charge in [0.1, 0.15) is 5.82 Å². The normalized spacial score (nSPS) is 18.3. The number of nitrogens with zero attached hydrogens (tertiary/aromatic N) is 5. The highest BCUT2D eigenvalue weighted by Crippen LogP contribution is 2.31. The number of rotatable bonds is 5. The zero-order chi connectivity index (χ0) is 16.2. The average molecular weight is 314 g/mol. The van der Waals surface area contributed by atoms with Crippen LogP contribution in [0.15, 0.2) is 24.5 Å². The SMILES string of the molecule is CC(=O)NCc1ccnc([C@H]2CCCN2Cc2ccnn2C)n1. The highest BCUT2D eigenvalue weighted by Gasteiger charge is 2.28. The fourth-order valence-electron chi connectivity index (χ4n) is 2.96. The number of nitrogens with one attached hydrogen (secondary N) is 1. The number of aromatic nitrogens is 4. The van der Waals surface area contributed by atoms with E-state index in [0.717, 1.165) is 37.4 Å². The predicted molar refractivity (Wildman–Crippen MR) is 85.1 cm³/mol. The van der Waals surface area contributed by atoms with Crippen LogP contribution >= 0.6 is 0 Å². The average Bonchev–Trinajstić information content (AvgIpc) is 3.16. The first kappa shape index (κ1) is 15.6. The van der Waals surface area contributed by atoms with E-state index in [1.54, 1.807) is 6.20 Å². The highest BCUT2D eigenvalue weighted by molar-refractivity contribution is 5.72. The molecular weight excluding hydrogens is 292 g/mol. The Balaban J connectivity index is 1.73. The van der Waals surface area contributed by atoms with Crippen molar-refractivity contribution in [3.05, 3.63) is 41.7 Å². The summed E-state index contributed by atoms with van der Waals surface area (Å²) < 4.78 is 1.91. The summed E-state index contributed by atoms with van der Waals surface area (Å²) in [6, 6.07) is 4.12. The van der Waals surface area contributed by atoms with Crippen LogP contribution in [0.5, 0.6) is 0 Å². The van der Waals surface area contributed by atoms with Gasteiger partial charge in [0.05, 0.1) is 24.0 Å². The smallest absolute Gasteiger partial charge is 0.217 e. The third-order valence-corrected chi connectivity index (χ3v) is 4.20. The molecule has 1 atom stereocenters. The van der Waals surface area contributed by atoms with E-state index >= 15 is 0 Å². The van der Waals surface area contributed by atoms with Gasteiger partial charge in [-0.3, -0.25) is 14.4 Å². The van der Waals surface area contributed by atoms with Gasteiger partial charge in [-0.25, -0.2) is 9.97 Å². The van der Waals surface area contributed by atoms with Crippen LogP contribution in [0, 0.1) is 0 Å². The maximum absolute atomic E-state index is 11.0. The fourth-order valence-corrected chi connectivity index (χ4v) is 2.96. The van der Waals surface area contributed by atoms with Gasteiger partial charge in [-0.2, -0.15) is 5.10 Å². The van der Waals surface area contributed by atoms with E-state index in [1.165, 1.54) is 12.6 Å². The molecule has 1 aliphatic heterocycles. The van der Waals surface area contributed by atoms with Gasteiger partial charge in [-0.15, -0.1) is 0 Å². The third-order valence-electron chi connectivity index (χ3n) is 4.20. The van der Waals surface area contributed by atoms with Crippen molar-refractivity contribution in [2.45, 2.75) is 38.9 Å². The van der Waals surface area contributed by atoms with Gasteiger partial charge < -0.3 is 5.32 Å². The Labute approximate surface area is 135 Å². The molecule has 1 aliphatic rings. The molecule has 7 heteroatoms. The molecule has 122 valence electrons. The summed E-state index contributed by atoms with van der Waals surface area (Å²) in [7, 11) is 1.96. The summed E-state index contributed by atoms with van der Waals surface area (Å²) in [5, 5.41) is 7.01. The Morgan fingerprint density at radius 2 is 2.26 bits per heavy atom. The second-order valence-electron chi connectivity index (χ2n) is 5.89. The lowest BCUT2D eigenvalue weighted by molar-refractivity contribution is -0.119. The van der Waals surface area contributed by atoms with Crippen LogP contribution in [0.2, 0.25) is 0 Å². The van der Waals surface area contributed by atoms with Crippen molar-refractivity contribution in [2.24, 2.45) is 7.05 Å².